The number of hydrogen-bond acceptors (Lipinski definition) is 2. The highest BCUT2D eigenvalue weighted by atomic mass is 19.1. The Morgan fingerprint density at radius 2 is 1.68 bits per heavy atom. The first-order chi connectivity index (χ1) is 15.1. The summed E-state index contributed by atoms with van der Waals surface area (Å²) in [6.07, 6.45) is 6.23. The molecule has 4 nitrogen and oxygen atoms in total. The Kier molecular flexibility index (Phi) is 5.28. The molecule has 5 heteroatoms. The average Bonchev–Trinajstić information content (AvgIpc) is 2.80. The van der Waals surface area contributed by atoms with E-state index in [1.54, 1.807) is 4.90 Å². The van der Waals surface area contributed by atoms with Crippen LogP contribution in [0.2, 0.25) is 0 Å². The molecule has 3 fully saturated rings. The van der Waals surface area contributed by atoms with Crippen molar-refractivity contribution < 1.29 is 14.0 Å². The molecule has 2 saturated heterocycles. The van der Waals surface area contributed by atoms with Crippen LogP contribution in [0.3, 0.4) is 0 Å². The van der Waals surface area contributed by atoms with Gasteiger partial charge in [-0.2, -0.15) is 0 Å². The van der Waals surface area contributed by atoms with Crippen molar-refractivity contribution in [2.45, 2.75) is 44.1 Å². The van der Waals surface area contributed by atoms with E-state index >= 15 is 0 Å². The Morgan fingerprint density at radius 3 is 2.42 bits per heavy atom. The van der Waals surface area contributed by atoms with E-state index in [1.807, 2.05) is 6.07 Å². The third-order valence-electron chi connectivity index (χ3n) is 7.61. The van der Waals surface area contributed by atoms with Gasteiger partial charge < -0.3 is 9.80 Å². The van der Waals surface area contributed by atoms with Gasteiger partial charge in [-0.3, -0.25) is 9.59 Å². The average molecular weight is 421 g/mol. The number of amides is 2. The van der Waals surface area contributed by atoms with Gasteiger partial charge in [-0.25, -0.2) is 4.39 Å². The zero-order valence-electron chi connectivity index (χ0n) is 17.8. The molecule has 0 spiro atoms. The summed E-state index contributed by atoms with van der Waals surface area (Å²) in [7, 11) is 0. The molecule has 31 heavy (non-hydrogen) atoms. The minimum Gasteiger partial charge on any atom is -0.338 e. The highest BCUT2D eigenvalue weighted by Crippen LogP contribution is 2.54. The molecule has 0 N–H and O–H groups in total. The Hall–Kier alpha value is -2.69. The molecular weight excluding hydrogens is 391 g/mol. The van der Waals surface area contributed by atoms with Gasteiger partial charge in [0, 0.05) is 31.1 Å². The molecule has 5 rings (SSSR count). The second-order valence-corrected chi connectivity index (χ2v) is 9.28. The SMILES string of the molecule is O=C(c1ccc(F)cc1)N1CCC[C@H](C(=O)N2C[C@@H]3CCCC[C@@]32c2ccccc2)C1. The predicted octanol–water partition coefficient (Wildman–Crippen LogP) is 4.61. The molecule has 2 amide bonds. The van der Waals surface area contributed by atoms with Crippen molar-refractivity contribution in [3.63, 3.8) is 0 Å². The van der Waals surface area contributed by atoms with Crippen LogP contribution < -0.4 is 0 Å². The number of nitrogens with zero attached hydrogens (tertiary/aromatic N) is 2. The van der Waals surface area contributed by atoms with Crippen LogP contribution in [0.5, 0.6) is 0 Å². The first-order valence-corrected chi connectivity index (χ1v) is 11.5. The molecule has 2 heterocycles. The second-order valence-electron chi connectivity index (χ2n) is 9.28. The molecule has 2 aromatic carbocycles. The van der Waals surface area contributed by atoms with Gasteiger partial charge in [0.05, 0.1) is 11.5 Å². The highest BCUT2D eigenvalue weighted by Gasteiger charge is 2.57. The van der Waals surface area contributed by atoms with Gasteiger partial charge >= 0.3 is 0 Å². The van der Waals surface area contributed by atoms with Crippen LogP contribution >= 0.6 is 0 Å². The smallest absolute Gasteiger partial charge is 0.253 e. The standard InChI is InChI=1S/C26H29FN2O2/c27-23-13-11-19(12-14-23)24(30)28-16-6-7-20(17-28)25(31)29-18-22-10-4-5-15-26(22,29)21-8-2-1-3-9-21/h1-3,8-9,11-14,20,22H,4-7,10,15-18H2/t20-,22-,26+/m0/s1. The molecule has 0 aromatic heterocycles. The summed E-state index contributed by atoms with van der Waals surface area (Å²) in [6.45, 7) is 1.92. The highest BCUT2D eigenvalue weighted by molar-refractivity contribution is 5.94. The van der Waals surface area contributed by atoms with E-state index in [4.69, 9.17) is 0 Å². The topological polar surface area (TPSA) is 40.6 Å². The predicted molar refractivity (Wildman–Crippen MR) is 117 cm³/mol. The summed E-state index contributed by atoms with van der Waals surface area (Å²) in [5, 5.41) is 0. The van der Waals surface area contributed by atoms with Crippen molar-refractivity contribution in [2.24, 2.45) is 11.8 Å². The van der Waals surface area contributed by atoms with Crippen LogP contribution in [0, 0.1) is 17.7 Å². The van der Waals surface area contributed by atoms with Gasteiger partial charge in [0.25, 0.3) is 5.91 Å². The molecule has 162 valence electrons. The number of rotatable bonds is 3. The van der Waals surface area contributed by atoms with Crippen molar-refractivity contribution >= 4 is 11.8 Å². The van der Waals surface area contributed by atoms with E-state index in [9.17, 15) is 14.0 Å². The summed E-state index contributed by atoms with van der Waals surface area (Å²) < 4.78 is 13.2. The molecule has 3 atom stereocenters. The lowest BCUT2D eigenvalue weighted by Gasteiger charge is -2.62. The number of piperidine rings is 1. The van der Waals surface area contributed by atoms with Crippen molar-refractivity contribution in [3.8, 4) is 0 Å². The van der Waals surface area contributed by atoms with Gasteiger partial charge in [-0.05, 0) is 55.5 Å². The maximum atomic E-state index is 13.7. The third-order valence-corrected chi connectivity index (χ3v) is 7.61. The largest absolute Gasteiger partial charge is 0.338 e. The maximum Gasteiger partial charge on any atom is 0.253 e. The van der Waals surface area contributed by atoms with Crippen LogP contribution in [-0.2, 0) is 10.3 Å². The van der Waals surface area contributed by atoms with E-state index in [1.165, 1.54) is 42.7 Å². The van der Waals surface area contributed by atoms with Gasteiger partial charge in [0.2, 0.25) is 5.91 Å². The van der Waals surface area contributed by atoms with Crippen LogP contribution in [0.1, 0.15) is 54.4 Å². The van der Waals surface area contributed by atoms with Crippen LogP contribution in [0.4, 0.5) is 4.39 Å². The Bertz CT molecular complexity index is 961. The normalized spacial score (nSPS) is 27.9. The second kappa shape index (κ2) is 8.10. The molecule has 1 saturated carbocycles. The van der Waals surface area contributed by atoms with Gasteiger partial charge in [0.1, 0.15) is 5.82 Å². The fraction of sp³-hybridized carbons (Fsp3) is 0.462. The number of likely N-dealkylation sites (tertiary alicyclic amines) is 2. The third kappa shape index (κ3) is 3.44. The number of halogens is 1. The van der Waals surface area contributed by atoms with E-state index in [0.717, 1.165) is 32.2 Å². The lowest BCUT2D eigenvalue weighted by Crippen LogP contribution is -2.69. The van der Waals surface area contributed by atoms with Crippen LogP contribution in [0.25, 0.3) is 0 Å². The summed E-state index contributed by atoms with van der Waals surface area (Å²) in [5.74, 6) is 0.0945. The van der Waals surface area contributed by atoms with Gasteiger partial charge in [-0.15, -0.1) is 0 Å². The molecule has 0 radical (unpaired) electrons. The minimum atomic E-state index is -0.353. The first kappa shape index (κ1) is 20.2. The van der Waals surface area contributed by atoms with Crippen molar-refractivity contribution in [1.29, 1.82) is 0 Å². The first-order valence-electron chi connectivity index (χ1n) is 11.5. The molecule has 0 bridgehead atoms. The molecule has 2 aromatic rings. The van der Waals surface area contributed by atoms with Crippen molar-refractivity contribution in [3.05, 3.63) is 71.5 Å². The summed E-state index contributed by atoms with van der Waals surface area (Å²) >= 11 is 0. The zero-order valence-corrected chi connectivity index (χ0v) is 17.8. The Morgan fingerprint density at radius 1 is 0.903 bits per heavy atom. The van der Waals surface area contributed by atoms with E-state index in [0.29, 0.717) is 24.6 Å². The van der Waals surface area contributed by atoms with E-state index < -0.39 is 0 Å². The summed E-state index contributed by atoms with van der Waals surface area (Å²) in [4.78, 5) is 30.5. The maximum absolute atomic E-state index is 13.7. The van der Waals surface area contributed by atoms with Crippen LogP contribution in [-0.4, -0.2) is 41.2 Å². The number of carbonyl (C=O) groups is 2. The molecule has 1 aliphatic carbocycles. The minimum absolute atomic E-state index is 0.116. The fourth-order valence-corrected chi connectivity index (χ4v) is 6.00. The number of fused-ring (bicyclic) bond motifs is 1. The van der Waals surface area contributed by atoms with E-state index in [-0.39, 0.29) is 29.1 Å². The molecule has 0 unspecified atom stereocenters. The van der Waals surface area contributed by atoms with Gasteiger partial charge in [-0.1, -0.05) is 43.2 Å². The number of benzene rings is 2. The zero-order chi connectivity index (χ0) is 21.4. The Labute approximate surface area is 183 Å². The van der Waals surface area contributed by atoms with Crippen LogP contribution in [0.15, 0.2) is 54.6 Å². The van der Waals surface area contributed by atoms with Crippen molar-refractivity contribution in [2.75, 3.05) is 19.6 Å². The quantitative estimate of drug-likeness (QED) is 0.728. The Balaban J connectivity index is 1.35. The molecule has 3 aliphatic rings. The fourth-order valence-electron chi connectivity index (χ4n) is 6.00. The summed E-state index contributed by atoms with van der Waals surface area (Å²) in [6, 6.07) is 16.2. The number of hydrogen-bond donors (Lipinski definition) is 0. The van der Waals surface area contributed by atoms with E-state index in [2.05, 4.69) is 29.2 Å². The molecular formula is C26H29FN2O2. The lowest BCUT2D eigenvalue weighted by molar-refractivity contribution is -0.172. The van der Waals surface area contributed by atoms with Gasteiger partial charge in [0.15, 0.2) is 0 Å². The number of carbonyl (C=O) groups excluding carboxylic acids is 2. The lowest BCUT2D eigenvalue weighted by atomic mass is 9.61. The summed E-state index contributed by atoms with van der Waals surface area (Å²) in [5.41, 5.74) is 1.57. The monoisotopic (exact) mass is 420 g/mol. The van der Waals surface area contributed by atoms with Crippen molar-refractivity contribution in [1.82, 2.24) is 9.80 Å². The molecule has 2 aliphatic heterocycles.